The maximum absolute atomic E-state index is 12.6. The van der Waals surface area contributed by atoms with Gasteiger partial charge in [0, 0.05) is 12.6 Å². The zero-order chi connectivity index (χ0) is 13.1. The molecule has 0 bridgehead atoms. The summed E-state index contributed by atoms with van der Waals surface area (Å²) in [5, 5.41) is 10.3. The molecule has 4 N–H and O–H groups in total. The summed E-state index contributed by atoms with van der Waals surface area (Å²) in [6.45, 7) is -0.275. The van der Waals surface area contributed by atoms with Gasteiger partial charge < -0.3 is 16.2 Å². The van der Waals surface area contributed by atoms with Crippen molar-refractivity contribution in [3.05, 3.63) is 35.4 Å². The molecule has 0 fully saturated rings. The van der Waals surface area contributed by atoms with Crippen LogP contribution >= 0.6 is 0 Å². The molecule has 0 aliphatic carbocycles. The molecule has 1 aromatic rings. The Morgan fingerprint density at radius 3 is 2.53 bits per heavy atom. The first kappa shape index (κ1) is 13.3. The van der Waals surface area contributed by atoms with Crippen molar-refractivity contribution in [1.82, 2.24) is 5.32 Å². The molecule has 94 valence electrons. The summed E-state index contributed by atoms with van der Waals surface area (Å²) >= 11 is 0. The molecule has 17 heavy (non-hydrogen) atoms. The Balaban J connectivity index is 2.93. The zero-order valence-corrected chi connectivity index (χ0v) is 8.66. The third kappa shape index (κ3) is 3.63. The first-order valence-corrected chi connectivity index (χ1v) is 4.71. The minimum Gasteiger partial charge on any atom is -0.465 e. The number of halogens is 3. The fourth-order valence-electron chi connectivity index (χ4n) is 1.39. The summed E-state index contributed by atoms with van der Waals surface area (Å²) in [4.78, 5) is 10.2. The minimum absolute atomic E-state index is 0.131. The second-order valence-corrected chi connectivity index (χ2v) is 3.38. The first-order valence-electron chi connectivity index (χ1n) is 4.71. The van der Waals surface area contributed by atoms with Crippen LogP contribution in [0.3, 0.4) is 0 Å². The second kappa shape index (κ2) is 5.05. The number of amides is 1. The summed E-state index contributed by atoms with van der Waals surface area (Å²) in [6.07, 6.45) is -5.83. The van der Waals surface area contributed by atoms with Gasteiger partial charge in [-0.25, -0.2) is 4.79 Å². The molecule has 0 heterocycles. The lowest BCUT2D eigenvalue weighted by Crippen LogP contribution is -2.31. The van der Waals surface area contributed by atoms with Crippen molar-refractivity contribution in [2.75, 3.05) is 6.54 Å². The summed E-state index contributed by atoms with van der Waals surface area (Å²) in [7, 11) is 0. The Hall–Kier alpha value is -1.76. The van der Waals surface area contributed by atoms with E-state index in [9.17, 15) is 18.0 Å². The number of hydrogen-bond donors (Lipinski definition) is 3. The lowest BCUT2D eigenvalue weighted by molar-refractivity contribution is -0.138. The van der Waals surface area contributed by atoms with Crippen LogP contribution in [0, 0.1) is 0 Å². The van der Waals surface area contributed by atoms with Crippen LogP contribution in [0.15, 0.2) is 24.3 Å². The molecule has 4 nitrogen and oxygen atoms in total. The Morgan fingerprint density at radius 2 is 2.00 bits per heavy atom. The number of nitrogens with one attached hydrogen (secondary N) is 1. The molecular formula is C10H11F3N2O2. The molecule has 1 aromatic carbocycles. The summed E-state index contributed by atoms with van der Waals surface area (Å²) < 4.78 is 37.8. The van der Waals surface area contributed by atoms with Gasteiger partial charge in [0.15, 0.2) is 0 Å². The molecule has 0 aliphatic heterocycles. The molecule has 0 saturated heterocycles. The smallest absolute Gasteiger partial charge is 0.416 e. The number of alkyl halides is 3. The average Bonchev–Trinajstić information content (AvgIpc) is 2.24. The standard InChI is InChI=1S/C10H11F3N2O2/c11-10(12,13)7-4-2-1-3-6(7)8(14)5-15-9(16)17/h1-4,8,15H,5,14H2,(H,16,17). The predicted molar refractivity (Wildman–Crippen MR) is 54.4 cm³/mol. The van der Waals surface area contributed by atoms with E-state index in [2.05, 4.69) is 0 Å². The molecule has 0 aliphatic rings. The van der Waals surface area contributed by atoms with Gasteiger partial charge in [0.2, 0.25) is 0 Å². The highest BCUT2D eigenvalue weighted by atomic mass is 19.4. The molecule has 0 radical (unpaired) electrons. The predicted octanol–water partition coefficient (Wildman–Crippen LogP) is 1.97. The number of rotatable bonds is 3. The molecule has 1 unspecified atom stereocenters. The van der Waals surface area contributed by atoms with Crippen LogP contribution in [0.2, 0.25) is 0 Å². The third-order valence-electron chi connectivity index (χ3n) is 2.14. The van der Waals surface area contributed by atoms with Crippen LogP contribution in [-0.2, 0) is 6.18 Å². The number of carbonyl (C=O) groups is 1. The van der Waals surface area contributed by atoms with Crippen molar-refractivity contribution >= 4 is 6.09 Å². The number of benzene rings is 1. The van der Waals surface area contributed by atoms with Gasteiger partial charge >= 0.3 is 12.3 Å². The fraction of sp³-hybridized carbons (Fsp3) is 0.300. The van der Waals surface area contributed by atoms with Crippen LogP contribution in [-0.4, -0.2) is 17.7 Å². The van der Waals surface area contributed by atoms with Crippen molar-refractivity contribution in [2.45, 2.75) is 12.2 Å². The van der Waals surface area contributed by atoms with Crippen LogP contribution in [0.5, 0.6) is 0 Å². The molecule has 1 atom stereocenters. The molecule has 0 saturated carbocycles. The molecular weight excluding hydrogens is 237 g/mol. The lowest BCUT2D eigenvalue weighted by Gasteiger charge is -2.17. The van der Waals surface area contributed by atoms with Gasteiger partial charge in [0.25, 0.3) is 0 Å². The van der Waals surface area contributed by atoms with E-state index < -0.39 is 23.9 Å². The van der Waals surface area contributed by atoms with Gasteiger partial charge in [-0.1, -0.05) is 18.2 Å². The van der Waals surface area contributed by atoms with E-state index in [4.69, 9.17) is 10.8 Å². The quantitative estimate of drug-likeness (QED) is 0.765. The molecule has 1 amide bonds. The van der Waals surface area contributed by atoms with Crippen LogP contribution in [0.4, 0.5) is 18.0 Å². The Labute approximate surface area is 95.2 Å². The van der Waals surface area contributed by atoms with E-state index in [1.54, 1.807) is 0 Å². The molecule has 7 heteroatoms. The van der Waals surface area contributed by atoms with Gasteiger partial charge in [0.1, 0.15) is 0 Å². The van der Waals surface area contributed by atoms with Gasteiger partial charge in [0.05, 0.1) is 5.56 Å². The fourth-order valence-corrected chi connectivity index (χ4v) is 1.39. The molecule has 1 rings (SSSR count). The lowest BCUT2D eigenvalue weighted by atomic mass is 10.0. The Bertz CT molecular complexity index is 407. The van der Waals surface area contributed by atoms with Crippen LogP contribution in [0.25, 0.3) is 0 Å². The number of nitrogens with two attached hydrogens (primary N) is 1. The zero-order valence-electron chi connectivity index (χ0n) is 8.66. The van der Waals surface area contributed by atoms with Gasteiger partial charge in [-0.15, -0.1) is 0 Å². The van der Waals surface area contributed by atoms with E-state index >= 15 is 0 Å². The van der Waals surface area contributed by atoms with Gasteiger partial charge in [-0.05, 0) is 11.6 Å². The highest BCUT2D eigenvalue weighted by Gasteiger charge is 2.34. The van der Waals surface area contributed by atoms with Gasteiger partial charge in [-0.2, -0.15) is 13.2 Å². The van der Waals surface area contributed by atoms with Crippen molar-refractivity contribution < 1.29 is 23.1 Å². The average molecular weight is 248 g/mol. The van der Waals surface area contributed by atoms with E-state index in [1.807, 2.05) is 5.32 Å². The van der Waals surface area contributed by atoms with Gasteiger partial charge in [-0.3, -0.25) is 0 Å². The van der Waals surface area contributed by atoms with E-state index in [0.717, 1.165) is 6.07 Å². The van der Waals surface area contributed by atoms with E-state index in [-0.39, 0.29) is 12.1 Å². The van der Waals surface area contributed by atoms with E-state index in [1.165, 1.54) is 18.2 Å². The molecule has 0 aromatic heterocycles. The van der Waals surface area contributed by atoms with Crippen molar-refractivity contribution in [3.63, 3.8) is 0 Å². The highest BCUT2D eigenvalue weighted by molar-refractivity contribution is 5.64. The summed E-state index contributed by atoms with van der Waals surface area (Å²) in [6, 6.07) is 3.78. The second-order valence-electron chi connectivity index (χ2n) is 3.38. The topological polar surface area (TPSA) is 75.3 Å². The van der Waals surface area contributed by atoms with Crippen molar-refractivity contribution in [3.8, 4) is 0 Å². The SMILES string of the molecule is NC(CNC(=O)O)c1ccccc1C(F)(F)F. The third-order valence-corrected chi connectivity index (χ3v) is 2.14. The van der Waals surface area contributed by atoms with Crippen molar-refractivity contribution in [2.24, 2.45) is 5.73 Å². The number of hydrogen-bond acceptors (Lipinski definition) is 2. The Morgan fingerprint density at radius 1 is 1.41 bits per heavy atom. The Kier molecular flexibility index (Phi) is 3.95. The monoisotopic (exact) mass is 248 g/mol. The number of carboxylic acid groups (broad SMARTS) is 1. The first-order chi connectivity index (χ1) is 7.82. The largest absolute Gasteiger partial charge is 0.465 e. The van der Waals surface area contributed by atoms with E-state index in [0.29, 0.717) is 0 Å². The maximum Gasteiger partial charge on any atom is 0.416 e. The highest BCUT2D eigenvalue weighted by Crippen LogP contribution is 2.33. The molecule has 0 spiro atoms. The minimum atomic E-state index is -4.50. The normalized spacial score (nSPS) is 13.2. The summed E-state index contributed by atoms with van der Waals surface area (Å²) in [5.74, 6) is 0. The van der Waals surface area contributed by atoms with Crippen LogP contribution < -0.4 is 11.1 Å². The summed E-state index contributed by atoms with van der Waals surface area (Å²) in [5.41, 5.74) is 4.54. The maximum atomic E-state index is 12.6. The van der Waals surface area contributed by atoms with Crippen molar-refractivity contribution in [1.29, 1.82) is 0 Å². The van der Waals surface area contributed by atoms with Crippen LogP contribution in [0.1, 0.15) is 17.2 Å².